The zero-order chi connectivity index (χ0) is 17.4. The summed E-state index contributed by atoms with van der Waals surface area (Å²) in [5, 5.41) is -0.0696. The molecule has 2 rings (SSSR count). The Morgan fingerprint density at radius 2 is 2.04 bits per heavy atom. The predicted octanol–water partition coefficient (Wildman–Crippen LogP) is 2.28. The molecule has 2 atom stereocenters. The summed E-state index contributed by atoms with van der Waals surface area (Å²) in [5.41, 5.74) is -0.265. The first-order chi connectivity index (χ1) is 10.5. The third kappa shape index (κ3) is 4.02. The number of hydrogen-bond donors (Lipinski definition) is 2. The lowest BCUT2D eigenvalue weighted by Gasteiger charge is -2.35. The molecule has 0 saturated carbocycles. The zero-order valence-electron chi connectivity index (χ0n) is 14.7. The fourth-order valence-corrected chi connectivity index (χ4v) is 3.49. The molecule has 1 aliphatic heterocycles. The third-order valence-electron chi connectivity index (χ3n) is 5.29. The van der Waals surface area contributed by atoms with Gasteiger partial charge in [-0.15, -0.1) is 0 Å². The molecule has 0 amide bonds. The number of aromatic amines is 1. The lowest BCUT2D eigenvalue weighted by Crippen LogP contribution is -2.39. The second kappa shape index (κ2) is 6.37. The van der Waals surface area contributed by atoms with Crippen LogP contribution >= 0.6 is 0 Å². The van der Waals surface area contributed by atoms with Crippen LogP contribution in [0.25, 0.3) is 0 Å². The first kappa shape index (κ1) is 18.2. The van der Waals surface area contributed by atoms with Crippen LogP contribution in [0, 0.1) is 6.92 Å². The Morgan fingerprint density at radius 3 is 2.65 bits per heavy atom. The van der Waals surface area contributed by atoms with Gasteiger partial charge in [0.15, 0.2) is 8.32 Å². The average molecular weight is 340 g/mol. The Kier molecular flexibility index (Phi) is 5.03. The van der Waals surface area contributed by atoms with Gasteiger partial charge in [-0.05, 0) is 50.7 Å². The monoisotopic (exact) mass is 340 g/mol. The van der Waals surface area contributed by atoms with Crippen LogP contribution in [0.5, 0.6) is 0 Å². The predicted molar refractivity (Wildman–Crippen MR) is 92.2 cm³/mol. The molecule has 2 heterocycles. The third-order valence-corrected chi connectivity index (χ3v) is 8.85. The molecule has 1 fully saturated rings. The largest absolute Gasteiger partial charge is 0.432 e. The van der Waals surface area contributed by atoms with Crippen molar-refractivity contribution in [2.75, 3.05) is 0 Å². The van der Waals surface area contributed by atoms with Crippen molar-refractivity contribution >= 4 is 8.32 Å². The number of nitrogens with zero attached hydrogens (tertiary/aromatic N) is 1. The van der Waals surface area contributed by atoms with E-state index in [-0.39, 0.29) is 22.9 Å². The van der Waals surface area contributed by atoms with Crippen LogP contribution in [0.2, 0.25) is 18.1 Å². The van der Waals surface area contributed by atoms with E-state index in [0.29, 0.717) is 5.56 Å². The fourth-order valence-electron chi connectivity index (χ4n) is 2.73. The van der Waals surface area contributed by atoms with Crippen LogP contribution < -0.4 is 11.2 Å². The molecule has 0 unspecified atom stereocenters. The summed E-state index contributed by atoms with van der Waals surface area (Å²) < 4.78 is 7.48. The van der Waals surface area contributed by atoms with Gasteiger partial charge in [-0.3, -0.25) is 14.3 Å². The average Bonchev–Trinajstić information content (AvgIpc) is 2.88. The van der Waals surface area contributed by atoms with Crippen LogP contribution in [0.1, 0.15) is 51.3 Å². The van der Waals surface area contributed by atoms with Crippen molar-refractivity contribution in [2.24, 2.45) is 0 Å². The topological polar surface area (TPSA) is 84.3 Å². The van der Waals surface area contributed by atoms with Crippen molar-refractivity contribution in [1.29, 1.82) is 0 Å². The number of rotatable bonds is 5. The minimum Gasteiger partial charge on any atom is -0.432 e. The van der Waals surface area contributed by atoms with Gasteiger partial charge in [0.2, 0.25) is 0 Å². The van der Waals surface area contributed by atoms with Crippen molar-refractivity contribution in [2.45, 2.75) is 76.9 Å². The van der Waals surface area contributed by atoms with Gasteiger partial charge in [0.05, 0.1) is 6.10 Å². The minimum atomic E-state index is -2.21. The van der Waals surface area contributed by atoms with Crippen LogP contribution in [0.4, 0.5) is 0 Å². The van der Waals surface area contributed by atoms with Crippen molar-refractivity contribution in [3.8, 4) is 0 Å². The molecule has 1 aromatic rings. The lowest BCUT2D eigenvalue weighted by atomic mass is 10.0. The number of nitrogens with one attached hydrogen (secondary N) is 1. The molecule has 0 aliphatic carbocycles. The maximum Gasteiger partial charge on any atom is 0.330 e. The summed E-state index contributed by atoms with van der Waals surface area (Å²) >= 11 is 0. The molecule has 1 aliphatic rings. The molecule has 0 aromatic carbocycles. The molecule has 1 saturated heterocycles. The summed E-state index contributed by atoms with van der Waals surface area (Å²) in [6.45, 7) is 9.84. The van der Waals surface area contributed by atoms with Crippen LogP contribution in [-0.2, 0) is 4.74 Å². The summed E-state index contributed by atoms with van der Waals surface area (Å²) in [5.74, 6) is 0. The van der Waals surface area contributed by atoms with Crippen LogP contribution in [0.15, 0.2) is 15.8 Å². The maximum absolute atomic E-state index is 11.9. The fraction of sp³-hybridized carbons (Fsp3) is 0.750. The normalized spacial score (nSPS) is 22.5. The second-order valence-corrected chi connectivity index (χ2v) is 12.2. The van der Waals surface area contributed by atoms with Gasteiger partial charge < -0.3 is 9.53 Å². The molecule has 23 heavy (non-hydrogen) atoms. The molecule has 0 spiro atoms. The number of H-pyrrole nitrogens is 1. The molecular weight excluding hydrogens is 312 g/mol. The van der Waals surface area contributed by atoms with Gasteiger partial charge >= 0.3 is 5.69 Å². The Hall–Kier alpha value is -1.18. The van der Waals surface area contributed by atoms with Gasteiger partial charge in [0.1, 0.15) is 6.23 Å². The molecular formula is C16H28N2O4Si. The highest BCUT2D eigenvalue weighted by Gasteiger charge is 2.39. The first-order valence-electron chi connectivity index (χ1n) is 8.21. The van der Waals surface area contributed by atoms with E-state index < -0.39 is 14.0 Å². The molecule has 7 heteroatoms. The van der Waals surface area contributed by atoms with Gasteiger partial charge in [-0.1, -0.05) is 13.8 Å². The highest BCUT2D eigenvalue weighted by atomic mass is 28.4. The maximum atomic E-state index is 11.9. The van der Waals surface area contributed by atoms with Gasteiger partial charge in [-0.2, -0.15) is 0 Å². The number of aryl methyl sites for hydroxylation is 1. The summed E-state index contributed by atoms with van der Waals surface area (Å²) in [6.07, 6.45) is 4.77. The smallest absolute Gasteiger partial charge is 0.330 e. The van der Waals surface area contributed by atoms with E-state index in [2.05, 4.69) is 18.8 Å². The highest BCUT2D eigenvalue weighted by molar-refractivity contribution is 6.72. The molecule has 1 aromatic heterocycles. The van der Waals surface area contributed by atoms with Crippen molar-refractivity contribution in [3.05, 3.63) is 32.6 Å². The summed E-state index contributed by atoms with van der Waals surface area (Å²) in [7, 11) is -2.21. The Morgan fingerprint density at radius 1 is 1.39 bits per heavy atom. The first-order valence-corrected chi connectivity index (χ1v) is 11.2. The van der Waals surface area contributed by atoms with Crippen molar-refractivity contribution < 1.29 is 9.53 Å². The summed E-state index contributed by atoms with van der Waals surface area (Å²) in [4.78, 5) is 36.1. The number of hydrogen-bond acceptors (Lipinski definition) is 4. The van der Waals surface area contributed by atoms with Gasteiger partial charge in [0, 0.05) is 11.8 Å². The van der Waals surface area contributed by atoms with E-state index in [9.17, 15) is 14.4 Å². The van der Waals surface area contributed by atoms with Crippen LogP contribution in [-0.4, -0.2) is 28.8 Å². The zero-order valence-corrected chi connectivity index (χ0v) is 15.7. The molecule has 2 N–H and O–H groups in total. The molecule has 0 bridgehead atoms. The van der Waals surface area contributed by atoms with Gasteiger partial charge in [0.25, 0.3) is 5.56 Å². The lowest BCUT2D eigenvalue weighted by molar-refractivity contribution is -0.00623. The Bertz CT molecular complexity index is 672. The summed E-state index contributed by atoms with van der Waals surface area (Å²) in [6, 6.07) is 0. The standard InChI is InChI=1S/C16H28N2O4Si/c1-11-10-18(15(20)17-14(11)19)13-7-6-12(22-13)8-9-16(2,3)23(4,5)21/h10,12-13,21H,6-9H2,1-5H3,(H,17,19,20)/t12-,13+/m0/s1. The number of aromatic nitrogens is 2. The quantitative estimate of drug-likeness (QED) is 0.806. The van der Waals surface area contributed by atoms with Crippen molar-refractivity contribution in [1.82, 2.24) is 9.55 Å². The highest BCUT2D eigenvalue weighted by Crippen LogP contribution is 2.42. The Labute approximate surface area is 137 Å². The molecule has 130 valence electrons. The molecule has 0 radical (unpaired) electrons. The number of ether oxygens (including phenoxy) is 1. The van der Waals surface area contributed by atoms with E-state index in [0.717, 1.165) is 25.7 Å². The van der Waals surface area contributed by atoms with E-state index in [1.165, 1.54) is 4.57 Å². The van der Waals surface area contributed by atoms with E-state index >= 15 is 0 Å². The van der Waals surface area contributed by atoms with Crippen LogP contribution in [0.3, 0.4) is 0 Å². The SMILES string of the molecule is Cc1cn([C@H]2CC[C@@H](CCC(C)(C)[Si](C)(C)O)O2)c(=O)[nH]c1=O. The van der Waals surface area contributed by atoms with E-state index in [1.807, 2.05) is 13.1 Å². The van der Waals surface area contributed by atoms with Gasteiger partial charge in [-0.25, -0.2) is 4.79 Å². The van der Waals surface area contributed by atoms with Crippen molar-refractivity contribution in [3.63, 3.8) is 0 Å². The van der Waals surface area contributed by atoms with E-state index in [4.69, 9.17) is 4.74 Å². The second-order valence-electron chi connectivity index (χ2n) is 7.75. The Balaban J connectivity index is 2.01. The van der Waals surface area contributed by atoms with E-state index in [1.54, 1.807) is 13.1 Å². The minimum absolute atomic E-state index is 0.0696. The molecule has 6 nitrogen and oxygen atoms in total.